The minimum Gasteiger partial charge on any atom is -0.364 e. The van der Waals surface area contributed by atoms with E-state index in [9.17, 15) is 9.59 Å². The van der Waals surface area contributed by atoms with Gasteiger partial charge in [-0.3, -0.25) is 9.59 Å². The maximum absolute atomic E-state index is 12.7. The Hall–Kier alpha value is -4.67. The van der Waals surface area contributed by atoms with Crippen LogP contribution in [0.2, 0.25) is 0 Å². The Labute approximate surface area is 205 Å². The number of nitrogens with zero attached hydrogens (tertiary/aromatic N) is 7. The summed E-state index contributed by atoms with van der Waals surface area (Å²) < 4.78 is 6.52. The van der Waals surface area contributed by atoms with Gasteiger partial charge in [0.05, 0.1) is 41.2 Å². The van der Waals surface area contributed by atoms with Crippen molar-refractivity contribution in [1.82, 2.24) is 35.0 Å². The first kappa shape index (κ1) is 21.8. The van der Waals surface area contributed by atoms with Crippen molar-refractivity contribution < 1.29 is 14.1 Å². The quantitative estimate of drug-likeness (QED) is 0.415. The van der Waals surface area contributed by atoms with Crippen LogP contribution in [0.1, 0.15) is 34.9 Å². The lowest BCUT2D eigenvalue weighted by Crippen LogP contribution is -2.62. The third-order valence-corrected chi connectivity index (χ3v) is 6.79. The van der Waals surface area contributed by atoms with Gasteiger partial charge in [0.2, 0.25) is 5.91 Å². The highest BCUT2D eigenvalue weighted by Crippen LogP contribution is 2.55. The highest BCUT2D eigenvalue weighted by molar-refractivity contribution is 6.02. The molecule has 0 aromatic carbocycles. The number of aromatic nitrogens is 6. The van der Waals surface area contributed by atoms with E-state index in [2.05, 4.69) is 37.3 Å². The fraction of sp³-hybridized carbons (Fsp3) is 0.240. The smallest absolute Gasteiger partial charge is 0.275 e. The van der Waals surface area contributed by atoms with E-state index in [1.807, 2.05) is 17.2 Å². The first-order valence-electron chi connectivity index (χ1n) is 11.5. The van der Waals surface area contributed by atoms with Gasteiger partial charge >= 0.3 is 0 Å². The molecule has 1 aliphatic carbocycles. The summed E-state index contributed by atoms with van der Waals surface area (Å²) >= 11 is 0. The molecule has 0 unspecified atom stereocenters. The van der Waals surface area contributed by atoms with Gasteiger partial charge in [-0.2, -0.15) is 0 Å². The number of likely N-dealkylation sites (tertiary alicyclic amines) is 1. The summed E-state index contributed by atoms with van der Waals surface area (Å²) in [6.07, 6.45) is 9.92. The molecule has 5 heterocycles. The summed E-state index contributed by atoms with van der Waals surface area (Å²) in [5, 5.41) is 15.0. The van der Waals surface area contributed by atoms with E-state index in [1.54, 1.807) is 35.1 Å². The molecule has 1 N–H and O–H groups in total. The summed E-state index contributed by atoms with van der Waals surface area (Å²) in [6.45, 7) is 5.13. The van der Waals surface area contributed by atoms with Crippen molar-refractivity contribution in [2.45, 2.75) is 18.8 Å². The second-order valence-corrected chi connectivity index (χ2v) is 9.27. The van der Waals surface area contributed by atoms with Gasteiger partial charge in [0.15, 0.2) is 0 Å². The molecule has 2 fully saturated rings. The second-order valence-electron chi connectivity index (χ2n) is 9.27. The molecule has 2 amide bonds. The average molecular weight is 483 g/mol. The normalized spacial score (nSPS) is 16.3. The zero-order valence-electron chi connectivity index (χ0n) is 19.2. The van der Waals surface area contributed by atoms with Gasteiger partial charge in [-0.05, 0) is 43.2 Å². The molecule has 11 nitrogen and oxygen atoms in total. The summed E-state index contributed by atoms with van der Waals surface area (Å²) in [5.74, 6) is 0.358. The Morgan fingerprint density at radius 1 is 1.17 bits per heavy atom. The molecule has 1 saturated carbocycles. The van der Waals surface area contributed by atoms with Crippen molar-refractivity contribution in [3.8, 4) is 16.9 Å². The molecule has 1 spiro atoms. The van der Waals surface area contributed by atoms with E-state index in [-0.39, 0.29) is 22.9 Å². The average Bonchev–Trinajstić information content (AvgIpc) is 3.56. The molecular weight excluding hydrogens is 460 g/mol. The zero-order chi connectivity index (χ0) is 24.7. The summed E-state index contributed by atoms with van der Waals surface area (Å²) in [7, 11) is 0. The van der Waals surface area contributed by atoms with Gasteiger partial charge in [-0.15, -0.1) is 5.10 Å². The fourth-order valence-electron chi connectivity index (χ4n) is 4.92. The van der Waals surface area contributed by atoms with E-state index in [1.165, 1.54) is 18.5 Å². The topological polar surface area (TPSA) is 132 Å². The number of carbonyl (C=O) groups excluding carboxylic acids is 2. The van der Waals surface area contributed by atoms with Crippen LogP contribution < -0.4 is 5.32 Å². The Morgan fingerprint density at radius 2 is 2.03 bits per heavy atom. The molecule has 0 bridgehead atoms. The van der Waals surface area contributed by atoms with Crippen molar-refractivity contribution in [3.05, 3.63) is 79.2 Å². The van der Waals surface area contributed by atoms with Crippen molar-refractivity contribution in [2.24, 2.45) is 5.41 Å². The van der Waals surface area contributed by atoms with E-state index in [4.69, 9.17) is 4.52 Å². The van der Waals surface area contributed by atoms with E-state index < -0.39 is 0 Å². The van der Waals surface area contributed by atoms with Gasteiger partial charge in [0.25, 0.3) is 5.91 Å². The van der Waals surface area contributed by atoms with Crippen LogP contribution in [0.15, 0.2) is 72.4 Å². The van der Waals surface area contributed by atoms with Crippen molar-refractivity contribution in [1.29, 1.82) is 0 Å². The summed E-state index contributed by atoms with van der Waals surface area (Å²) in [6, 6.07) is 8.66. The lowest BCUT2D eigenvalue weighted by Gasteiger charge is -2.58. The SMILES string of the molecule is C=CC(=O)N1CC2(CC(c3cn(-c4ccc(NC(=O)c5cccc(-c6cnoc6)n5)nc4)nn3)C2)C1. The summed E-state index contributed by atoms with van der Waals surface area (Å²) in [4.78, 5) is 34.9. The van der Waals surface area contributed by atoms with Gasteiger partial charge in [-0.1, -0.05) is 23.0 Å². The number of nitrogens with one attached hydrogen (secondary N) is 1. The van der Waals surface area contributed by atoms with Gasteiger partial charge in [0, 0.05) is 24.4 Å². The molecule has 4 aromatic heterocycles. The van der Waals surface area contributed by atoms with Crippen molar-refractivity contribution in [3.63, 3.8) is 0 Å². The fourth-order valence-corrected chi connectivity index (χ4v) is 4.92. The molecule has 1 aliphatic heterocycles. The molecule has 180 valence electrons. The molecular formula is C25H22N8O3. The number of hydrogen-bond donors (Lipinski definition) is 1. The molecule has 0 atom stereocenters. The van der Waals surface area contributed by atoms with Gasteiger partial charge in [-0.25, -0.2) is 14.6 Å². The molecule has 36 heavy (non-hydrogen) atoms. The Kier molecular flexibility index (Phi) is 5.17. The van der Waals surface area contributed by atoms with Gasteiger partial charge in [0.1, 0.15) is 17.8 Å². The highest BCUT2D eigenvalue weighted by Gasteiger charge is 2.54. The first-order valence-corrected chi connectivity index (χ1v) is 11.5. The molecule has 1 saturated heterocycles. The maximum Gasteiger partial charge on any atom is 0.275 e. The lowest BCUT2D eigenvalue weighted by atomic mass is 9.57. The molecule has 2 aliphatic rings. The Bertz CT molecular complexity index is 1430. The van der Waals surface area contributed by atoms with Crippen LogP contribution in [0.4, 0.5) is 5.82 Å². The van der Waals surface area contributed by atoms with E-state index in [0.717, 1.165) is 37.3 Å². The second kappa shape index (κ2) is 8.52. The summed E-state index contributed by atoms with van der Waals surface area (Å²) in [5.41, 5.74) is 3.42. The Morgan fingerprint density at radius 3 is 2.75 bits per heavy atom. The third-order valence-electron chi connectivity index (χ3n) is 6.79. The minimum absolute atomic E-state index is 0.00116. The van der Waals surface area contributed by atoms with Crippen LogP contribution in [0.3, 0.4) is 0 Å². The highest BCUT2D eigenvalue weighted by atomic mass is 16.5. The van der Waals surface area contributed by atoms with Crippen LogP contribution in [0, 0.1) is 5.41 Å². The third kappa shape index (κ3) is 3.94. The number of amides is 2. The number of hydrogen-bond acceptors (Lipinski definition) is 8. The van der Waals surface area contributed by atoms with Crippen molar-refractivity contribution >= 4 is 17.6 Å². The van der Waals surface area contributed by atoms with Gasteiger partial charge < -0.3 is 14.7 Å². The van der Waals surface area contributed by atoms with Crippen LogP contribution in [0.5, 0.6) is 0 Å². The minimum atomic E-state index is -0.375. The van der Waals surface area contributed by atoms with Crippen LogP contribution >= 0.6 is 0 Å². The largest absolute Gasteiger partial charge is 0.364 e. The number of pyridine rings is 2. The molecule has 4 aromatic rings. The monoisotopic (exact) mass is 482 g/mol. The first-order chi connectivity index (χ1) is 17.5. The molecule has 11 heteroatoms. The van der Waals surface area contributed by atoms with Crippen LogP contribution in [-0.4, -0.2) is 59.9 Å². The molecule has 6 rings (SSSR count). The number of anilines is 1. The standard InChI is InChI=1S/C25H22N8O3/c1-2-23(34)32-14-25(15-32)8-16(9-25)21-12-33(31-30-21)18-6-7-22(26-11-18)29-24(35)20-5-3-4-19(28-20)17-10-27-36-13-17/h2-7,10-13,16H,1,8-9,14-15H2,(H,26,29,35). The number of carbonyl (C=O) groups is 2. The Balaban J connectivity index is 1.07. The molecule has 0 radical (unpaired) electrons. The number of rotatable bonds is 6. The van der Waals surface area contributed by atoms with Crippen LogP contribution in [0.25, 0.3) is 16.9 Å². The predicted octanol–water partition coefficient (Wildman–Crippen LogP) is 2.86. The predicted molar refractivity (Wildman–Crippen MR) is 128 cm³/mol. The maximum atomic E-state index is 12.7. The van der Waals surface area contributed by atoms with E-state index >= 15 is 0 Å². The van der Waals surface area contributed by atoms with Crippen LogP contribution in [-0.2, 0) is 4.79 Å². The van der Waals surface area contributed by atoms with Crippen molar-refractivity contribution in [2.75, 3.05) is 18.4 Å². The van der Waals surface area contributed by atoms with E-state index in [0.29, 0.717) is 23.0 Å². The lowest BCUT2D eigenvalue weighted by molar-refractivity contribution is -0.146. The zero-order valence-corrected chi connectivity index (χ0v) is 19.2.